The molecule has 5 N–H and O–H groups in total. The molecule has 2 unspecified atom stereocenters. The highest BCUT2D eigenvalue weighted by atomic mass is 32.2. The van der Waals surface area contributed by atoms with E-state index in [0.29, 0.717) is 11.1 Å². The number of sulfone groups is 1. The Bertz CT molecular complexity index is 1640. The van der Waals surface area contributed by atoms with Crippen molar-refractivity contribution in [2.45, 2.75) is 34.7 Å². The summed E-state index contributed by atoms with van der Waals surface area (Å²) in [6.45, 7) is -0.346. The van der Waals surface area contributed by atoms with Crippen LogP contribution in [0, 0.1) is 0 Å². The number of benzene rings is 4. The molecule has 3 atom stereocenters. The average Bonchev–Trinajstić information content (AvgIpc) is 2.95. The maximum absolute atomic E-state index is 14.0. The molecule has 0 radical (unpaired) electrons. The molecule has 200 valence electrons. The lowest BCUT2D eigenvalue weighted by Crippen LogP contribution is -2.65. The van der Waals surface area contributed by atoms with Gasteiger partial charge < -0.3 is 16.2 Å². The largest absolute Gasteiger partial charge is 0.480 e. The number of amides is 1. The number of hydrogen-bond acceptors (Lipinski definition) is 6. The van der Waals surface area contributed by atoms with Crippen LogP contribution in [0.4, 0.5) is 0 Å². The topological polar surface area (TPSA) is 139 Å². The molecule has 1 aliphatic heterocycles. The summed E-state index contributed by atoms with van der Waals surface area (Å²) in [5.74, 6) is -1.79. The molecule has 4 aromatic carbocycles. The minimum absolute atomic E-state index is 0.0174. The van der Waals surface area contributed by atoms with Crippen molar-refractivity contribution in [1.82, 2.24) is 10.6 Å². The Morgan fingerprint density at radius 1 is 0.949 bits per heavy atom. The van der Waals surface area contributed by atoms with Crippen molar-refractivity contribution in [3.05, 3.63) is 114 Å². The summed E-state index contributed by atoms with van der Waals surface area (Å²) in [4.78, 5) is 25.6. The second-order valence-electron chi connectivity index (χ2n) is 9.86. The second kappa shape index (κ2) is 10.6. The standard InChI is InChI=1S/C30H29N3O5S/c31-26(16-20-8-2-1-3-9-20)27(34)32-19-30(29(35)36)18-23-12-6-7-13-25(23)28(33-30)39(37,38)24-15-14-21-10-4-5-11-22(21)17-24/h1-15,17,26,28,33H,16,18-19,31H2,(H,32,34)(H,35,36)/t26-,28?,30?/m0/s1. The van der Waals surface area contributed by atoms with Crippen LogP contribution in [0.25, 0.3) is 10.8 Å². The number of fused-ring (bicyclic) bond motifs is 2. The fourth-order valence-corrected chi connectivity index (χ4v) is 6.80. The molecule has 5 rings (SSSR count). The SMILES string of the molecule is N[C@@H](Cc1ccccc1)C(=O)NCC1(C(=O)O)Cc2ccccc2C(S(=O)(=O)c2ccc3ccccc3c2)N1. The van der Waals surface area contributed by atoms with Gasteiger partial charge in [0.25, 0.3) is 0 Å². The predicted molar refractivity (Wildman–Crippen MR) is 149 cm³/mol. The van der Waals surface area contributed by atoms with Gasteiger partial charge in [0.15, 0.2) is 9.84 Å². The zero-order chi connectivity index (χ0) is 27.6. The van der Waals surface area contributed by atoms with Crippen LogP contribution in [0.3, 0.4) is 0 Å². The number of carboxylic acids is 1. The van der Waals surface area contributed by atoms with Crippen molar-refractivity contribution in [3.8, 4) is 0 Å². The molecule has 0 spiro atoms. The maximum Gasteiger partial charge on any atom is 0.326 e. The summed E-state index contributed by atoms with van der Waals surface area (Å²) >= 11 is 0. The van der Waals surface area contributed by atoms with Gasteiger partial charge in [0.2, 0.25) is 5.91 Å². The molecule has 1 heterocycles. The maximum atomic E-state index is 14.0. The Labute approximate surface area is 226 Å². The van der Waals surface area contributed by atoms with Crippen LogP contribution in [0.5, 0.6) is 0 Å². The lowest BCUT2D eigenvalue weighted by Gasteiger charge is -2.40. The van der Waals surface area contributed by atoms with Crippen molar-refractivity contribution in [3.63, 3.8) is 0 Å². The van der Waals surface area contributed by atoms with E-state index in [1.165, 1.54) is 6.07 Å². The third kappa shape index (κ3) is 5.29. The lowest BCUT2D eigenvalue weighted by molar-refractivity contribution is -0.145. The number of rotatable bonds is 8. The minimum atomic E-state index is -4.08. The van der Waals surface area contributed by atoms with Crippen molar-refractivity contribution < 1.29 is 23.1 Å². The van der Waals surface area contributed by atoms with E-state index in [1.807, 2.05) is 54.6 Å². The lowest BCUT2D eigenvalue weighted by atomic mass is 9.84. The summed E-state index contributed by atoms with van der Waals surface area (Å²) in [6, 6.07) is 27.5. The van der Waals surface area contributed by atoms with E-state index in [0.717, 1.165) is 16.3 Å². The Morgan fingerprint density at radius 3 is 2.36 bits per heavy atom. The molecule has 0 saturated heterocycles. The zero-order valence-electron chi connectivity index (χ0n) is 21.1. The van der Waals surface area contributed by atoms with E-state index < -0.39 is 38.7 Å². The molecule has 9 heteroatoms. The van der Waals surface area contributed by atoms with E-state index in [-0.39, 0.29) is 24.3 Å². The van der Waals surface area contributed by atoms with Crippen LogP contribution >= 0.6 is 0 Å². The van der Waals surface area contributed by atoms with E-state index in [2.05, 4.69) is 10.6 Å². The third-order valence-electron chi connectivity index (χ3n) is 7.21. The average molecular weight is 544 g/mol. The fraction of sp³-hybridized carbons (Fsp3) is 0.200. The van der Waals surface area contributed by atoms with Crippen LogP contribution in [0.1, 0.15) is 22.1 Å². The number of carbonyl (C=O) groups excluding carboxylic acids is 1. The molecule has 0 aliphatic carbocycles. The van der Waals surface area contributed by atoms with E-state index in [9.17, 15) is 23.1 Å². The molecular weight excluding hydrogens is 514 g/mol. The Kier molecular flexibility index (Phi) is 7.22. The predicted octanol–water partition coefficient (Wildman–Crippen LogP) is 2.97. The number of carboxylic acid groups (broad SMARTS) is 1. The molecule has 0 fully saturated rings. The molecule has 0 saturated carbocycles. The molecule has 4 aromatic rings. The highest BCUT2D eigenvalue weighted by Gasteiger charge is 2.49. The van der Waals surface area contributed by atoms with Gasteiger partial charge in [-0.25, -0.2) is 8.42 Å². The smallest absolute Gasteiger partial charge is 0.326 e. The summed E-state index contributed by atoms with van der Waals surface area (Å²) < 4.78 is 28.0. The molecular formula is C30H29N3O5S. The van der Waals surface area contributed by atoms with Crippen molar-refractivity contribution >= 4 is 32.5 Å². The summed E-state index contributed by atoms with van der Waals surface area (Å²) in [5.41, 5.74) is 6.27. The monoisotopic (exact) mass is 543 g/mol. The number of carbonyl (C=O) groups is 2. The van der Waals surface area contributed by atoms with Crippen LogP contribution < -0.4 is 16.4 Å². The highest BCUT2D eigenvalue weighted by molar-refractivity contribution is 7.91. The minimum Gasteiger partial charge on any atom is -0.480 e. The third-order valence-corrected chi connectivity index (χ3v) is 9.11. The molecule has 1 amide bonds. The van der Waals surface area contributed by atoms with Crippen LogP contribution in [-0.4, -0.2) is 43.5 Å². The molecule has 1 aliphatic rings. The Morgan fingerprint density at radius 2 is 1.62 bits per heavy atom. The van der Waals surface area contributed by atoms with Crippen LogP contribution in [-0.2, 0) is 32.3 Å². The molecule has 0 aromatic heterocycles. The van der Waals surface area contributed by atoms with Gasteiger partial charge in [-0.15, -0.1) is 0 Å². The fourth-order valence-electron chi connectivity index (χ4n) is 5.04. The quantitative estimate of drug-likeness (QED) is 0.268. The van der Waals surface area contributed by atoms with E-state index >= 15 is 0 Å². The van der Waals surface area contributed by atoms with Crippen molar-refractivity contribution in [2.75, 3.05) is 6.54 Å². The molecule has 8 nitrogen and oxygen atoms in total. The van der Waals surface area contributed by atoms with Gasteiger partial charge in [-0.3, -0.25) is 14.9 Å². The number of nitrogens with one attached hydrogen (secondary N) is 2. The summed E-state index contributed by atoms with van der Waals surface area (Å²) in [6.07, 6.45) is 0.262. The van der Waals surface area contributed by atoms with Gasteiger partial charge in [-0.2, -0.15) is 0 Å². The van der Waals surface area contributed by atoms with Gasteiger partial charge in [-0.1, -0.05) is 84.9 Å². The van der Waals surface area contributed by atoms with Gasteiger partial charge in [-0.05, 0) is 46.0 Å². The van der Waals surface area contributed by atoms with E-state index in [4.69, 9.17) is 5.73 Å². The van der Waals surface area contributed by atoms with Gasteiger partial charge in [0, 0.05) is 13.0 Å². The van der Waals surface area contributed by atoms with Crippen LogP contribution in [0.15, 0.2) is 102 Å². The second-order valence-corrected chi connectivity index (χ2v) is 11.9. The number of hydrogen-bond donors (Lipinski definition) is 4. The first-order valence-electron chi connectivity index (χ1n) is 12.6. The summed E-state index contributed by atoms with van der Waals surface area (Å²) in [5, 5.41) is 16.2. The number of aliphatic carboxylic acids is 1. The van der Waals surface area contributed by atoms with Gasteiger partial charge >= 0.3 is 5.97 Å². The summed E-state index contributed by atoms with van der Waals surface area (Å²) in [7, 11) is -4.08. The first-order valence-corrected chi connectivity index (χ1v) is 14.1. The Hall–Kier alpha value is -4.05. The molecule has 39 heavy (non-hydrogen) atoms. The first-order chi connectivity index (χ1) is 18.7. The van der Waals surface area contributed by atoms with Gasteiger partial charge in [0.05, 0.1) is 10.9 Å². The normalized spacial score (nSPS) is 19.7. The van der Waals surface area contributed by atoms with Crippen molar-refractivity contribution in [2.24, 2.45) is 5.73 Å². The highest BCUT2D eigenvalue weighted by Crippen LogP contribution is 2.37. The Balaban J connectivity index is 1.45. The number of nitrogens with two attached hydrogens (primary N) is 1. The molecule has 0 bridgehead atoms. The zero-order valence-corrected chi connectivity index (χ0v) is 21.9. The first kappa shape index (κ1) is 26.6. The van der Waals surface area contributed by atoms with Crippen molar-refractivity contribution in [1.29, 1.82) is 0 Å². The van der Waals surface area contributed by atoms with Crippen LogP contribution in [0.2, 0.25) is 0 Å². The van der Waals surface area contributed by atoms with Gasteiger partial charge in [0.1, 0.15) is 10.9 Å². The van der Waals surface area contributed by atoms with E-state index in [1.54, 1.807) is 36.4 Å².